The monoisotopic (exact) mass is 330 g/mol. The minimum absolute atomic E-state index is 0.0420. The highest BCUT2D eigenvalue weighted by molar-refractivity contribution is 6.30. The molecule has 0 radical (unpaired) electrons. The molecule has 0 saturated heterocycles. The molecule has 3 rings (SSSR count). The van der Waals surface area contributed by atoms with Crippen LogP contribution >= 0.6 is 11.6 Å². The number of halogens is 2. The van der Waals surface area contributed by atoms with Gasteiger partial charge in [0.15, 0.2) is 0 Å². The Kier molecular flexibility index (Phi) is 4.63. The van der Waals surface area contributed by atoms with Crippen molar-refractivity contribution in [3.8, 4) is 0 Å². The molecule has 0 unspecified atom stereocenters. The van der Waals surface area contributed by atoms with Crippen molar-refractivity contribution in [2.75, 3.05) is 0 Å². The van der Waals surface area contributed by atoms with E-state index >= 15 is 0 Å². The Balaban J connectivity index is 1.51. The number of fused-ring (bicyclic) bond motifs is 1. The van der Waals surface area contributed by atoms with E-state index in [1.54, 1.807) is 6.07 Å². The lowest BCUT2D eigenvalue weighted by atomic mass is 10.1. The van der Waals surface area contributed by atoms with E-state index in [4.69, 9.17) is 11.6 Å². The molecule has 0 bridgehead atoms. The number of aryl methyl sites for hydroxylation is 1. The van der Waals surface area contributed by atoms with Gasteiger partial charge in [-0.05, 0) is 53.3 Å². The smallest absolute Gasteiger partial charge is 0.220 e. The van der Waals surface area contributed by atoms with Crippen LogP contribution in [0.4, 0.5) is 4.39 Å². The number of benzene rings is 2. The molecule has 2 N–H and O–H groups in total. The van der Waals surface area contributed by atoms with E-state index in [9.17, 15) is 9.18 Å². The molecule has 3 aromatic rings. The number of nitrogens with one attached hydrogen (secondary N) is 2. The Bertz CT molecular complexity index is 844. The minimum atomic E-state index is -0.457. The predicted molar refractivity (Wildman–Crippen MR) is 89.9 cm³/mol. The summed E-state index contributed by atoms with van der Waals surface area (Å²) in [5.41, 5.74) is 2.99. The molecular formula is C18H16ClFN2O. The van der Waals surface area contributed by atoms with E-state index in [0.29, 0.717) is 19.4 Å². The number of carbonyl (C=O) groups excluding carboxylic acids is 1. The number of hydrogen-bond acceptors (Lipinski definition) is 1. The van der Waals surface area contributed by atoms with Gasteiger partial charge in [-0.3, -0.25) is 4.79 Å². The summed E-state index contributed by atoms with van der Waals surface area (Å²) in [6.45, 7) is 0.343. The third-order valence-corrected chi connectivity index (χ3v) is 4.02. The largest absolute Gasteiger partial charge is 0.361 e. The normalized spacial score (nSPS) is 10.9. The Hall–Kier alpha value is -2.33. The van der Waals surface area contributed by atoms with Crippen LogP contribution in [-0.2, 0) is 17.8 Å². The third kappa shape index (κ3) is 3.90. The van der Waals surface area contributed by atoms with Crippen LogP contribution in [0, 0.1) is 5.82 Å². The summed E-state index contributed by atoms with van der Waals surface area (Å²) in [6, 6.07) is 12.6. The van der Waals surface area contributed by atoms with E-state index in [1.807, 2.05) is 24.4 Å². The lowest BCUT2D eigenvalue weighted by Crippen LogP contribution is -2.23. The topological polar surface area (TPSA) is 44.9 Å². The molecule has 0 aliphatic carbocycles. The van der Waals surface area contributed by atoms with E-state index in [1.165, 1.54) is 12.1 Å². The first-order valence-corrected chi connectivity index (χ1v) is 7.76. The number of aromatic nitrogens is 1. The molecule has 0 spiro atoms. The zero-order chi connectivity index (χ0) is 16.2. The van der Waals surface area contributed by atoms with Crippen molar-refractivity contribution in [1.82, 2.24) is 10.3 Å². The van der Waals surface area contributed by atoms with Crippen LogP contribution in [0.15, 0.2) is 48.7 Å². The van der Waals surface area contributed by atoms with Crippen molar-refractivity contribution in [1.29, 1.82) is 0 Å². The molecule has 0 aliphatic heterocycles. The maximum Gasteiger partial charge on any atom is 0.220 e. The van der Waals surface area contributed by atoms with Crippen LogP contribution in [0.5, 0.6) is 0 Å². The van der Waals surface area contributed by atoms with Crippen molar-refractivity contribution in [3.05, 3.63) is 70.6 Å². The number of amides is 1. The van der Waals surface area contributed by atoms with E-state index in [-0.39, 0.29) is 10.9 Å². The van der Waals surface area contributed by atoms with Crippen LogP contribution in [0.2, 0.25) is 5.02 Å². The maximum absolute atomic E-state index is 13.1. The molecule has 0 aliphatic rings. The predicted octanol–water partition coefficient (Wildman–Crippen LogP) is 4.21. The highest BCUT2D eigenvalue weighted by Gasteiger charge is 2.05. The minimum Gasteiger partial charge on any atom is -0.361 e. The van der Waals surface area contributed by atoms with Gasteiger partial charge in [-0.2, -0.15) is 0 Å². The average molecular weight is 331 g/mol. The molecule has 2 aromatic carbocycles. The number of H-pyrrole nitrogens is 1. The fourth-order valence-electron chi connectivity index (χ4n) is 2.45. The van der Waals surface area contributed by atoms with Gasteiger partial charge in [0.1, 0.15) is 5.82 Å². The van der Waals surface area contributed by atoms with Crippen LogP contribution < -0.4 is 5.32 Å². The van der Waals surface area contributed by atoms with Gasteiger partial charge >= 0.3 is 0 Å². The zero-order valence-electron chi connectivity index (χ0n) is 12.4. The second-order valence-corrected chi connectivity index (χ2v) is 5.83. The molecule has 0 fully saturated rings. The van der Waals surface area contributed by atoms with Crippen LogP contribution in [0.1, 0.15) is 17.5 Å². The average Bonchev–Trinajstić information content (AvgIpc) is 3.01. The summed E-state index contributed by atoms with van der Waals surface area (Å²) in [5, 5.41) is 4.03. The van der Waals surface area contributed by atoms with E-state index in [2.05, 4.69) is 16.4 Å². The maximum atomic E-state index is 13.1. The van der Waals surface area contributed by atoms with Gasteiger partial charge in [0.2, 0.25) is 5.91 Å². The van der Waals surface area contributed by atoms with Crippen LogP contribution in [0.3, 0.4) is 0 Å². The quantitative estimate of drug-likeness (QED) is 0.723. The van der Waals surface area contributed by atoms with Crippen molar-refractivity contribution in [2.24, 2.45) is 0 Å². The molecule has 1 heterocycles. The number of rotatable bonds is 5. The summed E-state index contributed by atoms with van der Waals surface area (Å²) >= 11 is 5.72. The van der Waals surface area contributed by atoms with E-state index < -0.39 is 5.82 Å². The van der Waals surface area contributed by atoms with Gasteiger partial charge in [-0.1, -0.05) is 23.7 Å². The molecule has 0 atom stereocenters. The number of hydrogen-bond donors (Lipinski definition) is 2. The standard InChI is InChI=1S/C18H16ClFN2O/c19-15-10-13(1-4-16(15)20)11-22-18(23)6-3-12-2-5-17-14(9-12)7-8-21-17/h1-2,4-5,7-10,21H,3,6,11H2,(H,22,23). The van der Waals surface area contributed by atoms with Gasteiger partial charge in [0, 0.05) is 24.7 Å². The first-order valence-electron chi connectivity index (χ1n) is 7.38. The molecule has 118 valence electrons. The molecule has 5 heteroatoms. The van der Waals surface area contributed by atoms with Gasteiger partial charge in [-0.15, -0.1) is 0 Å². The fraction of sp³-hybridized carbons (Fsp3) is 0.167. The zero-order valence-corrected chi connectivity index (χ0v) is 13.2. The third-order valence-electron chi connectivity index (χ3n) is 3.73. The highest BCUT2D eigenvalue weighted by Crippen LogP contribution is 2.17. The number of aromatic amines is 1. The molecule has 3 nitrogen and oxygen atoms in total. The SMILES string of the molecule is O=C(CCc1ccc2[nH]ccc2c1)NCc1ccc(F)c(Cl)c1. The highest BCUT2D eigenvalue weighted by atomic mass is 35.5. The van der Waals surface area contributed by atoms with Gasteiger partial charge in [0.25, 0.3) is 0 Å². The second-order valence-electron chi connectivity index (χ2n) is 5.42. The lowest BCUT2D eigenvalue weighted by molar-refractivity contribution is -0.121. The molecule has 23 heavy (non-hydrogen) atoms. The summed E-state index contributed by atoms with van der Waals surface area (Å²) in [7, 11) is 0. The molecule has 1 amide bonds. The van der Waals surface area contributed by atoms with Crippen LogP contribution in [-0.4, -0.2) is 10.9 Å². The van der Waals surface area contributed by atoms with Gasteiger partial charge < -0.3 is 10.3 Å². The molecule has 1 aromatic heterocycles. The van der Waals surface area contributed by atoms with Crippen molar-refractivity contribution >= 4 is 28.4 Å². The lowest BCUT2D eigenvalue weighted by Gasteiger charge is -2.06. The number of carbonyl (C=O) groups is 1. The summed E-state index contributed by atoms with van der Waals surface area (Å²) < 4.78 is 13.1. The van der Waals surface area contributed by atoms with Crippen molar-refractivity contribution < 1.29 is 9.18 Å². The Morgan fingerprint density at radius 1 is 1.13 bits per heavy atom. The summed E-state index contributed by atoms with van der Waals surface area (Å²) in [5.74, 6) is -0.499. The summed E-state index contributed by atoms with van der Waals surface area (Å²) in [4.78, 5) is 15.1. The fourth-order valence-corrected chi connectivity index (χ4v) is 2.66. The Morgan fingerprint density at radius 2 is 1.96 bits per heavy atom. The van der Waals surface area contributed by atoms with E-state index in [0.717, 1.165) is 22.0 Å². The van der Waals surface area contributed by atoms with Crippen LogP contribution in [0.25, 0.3) is 10.9 Å². The second kappa shape index (κ2) is 6.84. The van der Waals surface area contributed by atoms with Gasteiger partial charge in [-0.25, -0.2) is 4.39 Å². The first-order chi connectivity index (χ1) is 11.1. The summed E-state index contributed by atoms with van der Waals surface area (Å²) in [6.07, 6.45) is 2.98. The molecular weight excluding hydrogens is 315 g/mol. The first kappa shape index (κ1) is 15.6. The van der Waals surface area contributed by atoms with Gasteiger partial charge in [0.05, 0.1) is 5.02 Å². The van der Waals surface area contributed by atoms with Crippen molar-refractivity contribution in [2.45, 2.75) is 19.4 Å². The van der Waals surface area contributed by atoms with Crippen molar-refractivity contribution in [3.63, 3.8) is 0 Å². The Labute approximate surface area is 138 Å². The molecule has 0 saturated carbocycles. The Morgan fingerprint density at radius 3 is 2.78 bits per heavy atom.